The highest BCUT2D eigenvalue weighted by molar-refractivity contribution is 6.31. The molecule has 0 saturated heterocycles. The van der Waals surface area contributed by atoms with Gasteiger partial charge in [0, 0.05) is 22.7 Å². The van der Waals surface area contributed by atoms with Gasteiger partial charge in [0.2, 0.25) is 0 Å². The molecule has 6 heteroatoms. The molecule has 1 heterocycles. The molecule has 0 fully saturated rings. The molecule has 0 radical (unpaired) electrons. The lowest BCUT2D eigenvalue weighted by Gasteiger charge is -2.15. The Morgan fingerprint density at radius 1 is 1.12 bits per heavy atom. The maximum Gasteiger partial charge on any atom is 0.142 e. The number of halogens is 1. The molecule has 0 amide bonds. The third kappa shape index (κ3) is 2.92. The number of nitrogens with zero attached hydrogens (tertiary/aromatic N) is 2. The first kappa shape index (κ1) is 15.9. The fourth-order valence-electron chi connectivity index (χ4n) is 2.43. The van der Waals surface area contributed by atoms with Crippen LogP contribution in [0.25, 0.3) is 10.9 Å². The molecule has 24 heavy (non-hydrogen) atoms. The molecule has 0 aliphatic rings. The van der Waals surface area contributed by atoms with Crippen LogP contribution in [0.3, 0.4) is 0 Å². The van der Waals surface area contributed by atoms with E-state index in [-0.39, 0.29) is 0 Å². The van der Waals surface area contributed by atoms with E-state index in [1.54, 1.807) is 44.6 Å². The SMILES string of the molecule is COc1ccc(OC)c(Nc2c(C#N)cnc3ccc(Cl)cc23)c1. The van der Waals surface area contributed by atoms with Gasteiger partial charge >= 0.3 is 0 Å². The summed E-state index contributed by atoms with van der Waals surface area (Å²) in [5, 5.41) is 14.0. The molecular weight excluding hydrogens is 326 g/mol. The minimum atomic E-state index is 0.412. The Kier molecular flexibility index (Phi) is 4.41. The van der Waals surface area contributed by atoms with Gasteiger partial charge in [-0.15, -0.1) is 0 Å². The molecule has 0 atom stereocenters. The second-order valence-corrected chi connectivity index (χ2v) is 5.45. The lowest BCUT2D eigenvalue weighted by molar-refractivity contribution is 0.405. The van der Waals surface area contributed by atoms with Gasteiger partial charge in [0.25, 0.3) is 0 Å². The molecule has 5 nitrogen and oxygen atoms in total. The Labute approximate surface area is 144 Å². The van der Waals surface area contributed by atoms with Crippen molar-refractivity contribution in [2.45, 2.75) is 0 Å². The van der Waals surface area contributed by atoms with Crippen molar-refractivity contribution in [3.05, 3.63) is 53.2 Å². The van der Waals surface area contributed by atoms with Crippen LogP contribution >= 0.6 is 11.6 Å². The zero-order valence-corrected chi connectivity index (χ0v) is 13.9. The lowest BCUT2D eigenvalue weighted by Crippen LogP contribution is -1.99. The van der Waals surface area contributed by atoms with Crippen molar-refractivity contribution >= 4 is 33.9 Å². The van der Waals surface area contributed by atoms with Crippen LogP contribution in [0.1, 0.15) is 5.56 Å². The summed E-state index contributed by atoms with van der Waals surface area (Å²) in [7, 11) is 3.17. The third-order valence-corrected chi connectivity index (χ3v) is 3.85. The van der Waals surface area contributed by atoms with Gasteiger partial charge < -0.3 is 14.8 Å². The highest BCUT2D eigenvalue weighted by Gasteiger charge is 2.13. The number of hydrogen-bond donors (Lipinski definition) is 1. The number of rotatable bonds is 4. The lowest BCUT2D eigenvalue weighted by atomic mass is 10.1. The fraction of sp³-hybridized carbons (Fsp3) is 0.111. The van der Waals surface area contributed by atoms with E-state index in [1.807, 2.05) is 6.07 Å². The molecule has 0 spiro atoms. The molecule has 3 aromatic rings. The van der Waals surface area contributed by atoms with E-state index >= 15 is 0 Å². The number of benzene rings is 2. The van der Waals surface area contributed by atoms with Crippen LogP contribution in [0.4, 0.5) is 11.4 Å². The van der Waals surface area contributed by atoms with Crippen LogP contribution in [-0.4, -0.2) is 19.2 Å². The van der Waals surface area contributed by atoms with E-state index in [0.717, 1.165) is 10.9 Å². The molecule has 0 unspecified atom stereocenters. The molecule has 1 aromatic heterocycles. The van der Waals surface area contributed by atoms with Gasteiger partial charge in [-0.2, -0.15) is 5.26 Å². The van der Waals surface area contributed by atoms with E-state index in [2.05, 4.69) is 16.4 Å². The van der Waals surface area contributed by atoms with Gasteiger partial charge in [-0.05, 0) is 30.3 Å². The predicted molar refractivity (Wildman–Crippen MR) is 94.3 cm³/mol. The zero-order valence-electron chi connectivity index (χ0n) is 13.1. The van der Waals surface area contributed by atoms with Gasteiger partial charge in [-0.3, -0.25) is 4.98 Å². The first-order valence-electron chi connectivity index (χ1n) is 7.13. The maximum atomic E-state index is 9.43. The molecule has 0 saturated carbocycles. The number of nitriles is 1. The van der Waals surface area contributed by atoms with Crippen LogP contribution in [0, 0.1) is 11.3 Å². The Hall–Kier alpha value is -2.97. The Balaban J connectivity index is 2.20. The van der Waals surface area contributed by atoms with Gasteiger partial charge in [0.1, 0.15) is 17.6 Å². The summed E-state index contributed by atoms with van der Waals surface area (Å²) in [4.78, 5) is 4.29. The molecule has 3 rings (SSSR count). The molecule has 2 aromatic carbocycles. The number of aromatic nitrogens is 1. The second kappa shape index (κ2) is 6.65. The third-order valence-electron chi connectivity index (χ3n) is 3.62. The van der Waals surface area contributed by atoms with E-state index < -0.39 is 0 Å². The summed E-state index contributed by atoms with van der Waals surface area (Å²) in [6, 6.07) is 12.9. The first-order valence-corrected chi connectivity index (χ1v) is 7.51. The number of pyridine rings is 1. The summed E-state index contributed by atoms with van der Waals surface area (Å²) in [6.07, 6.45) is 1.53. The Morgan fingerprint density at radius 3 is 2.67 bits per heavy atom. The Bertz CT molecular complexity index is 951. The first-order chi connectivity index (χ1) is 11.7. The topological polar surface area (TPSA) is 67.2 Å². The van der Waals surface area contributed by atoms with Crippen LogP contribution in [0.15, 0.2) is 42.6 Å². The number of ether oxygens (including phenoxy) is 2. The van der Waals surface area contributed by atoms with E-state index in [0.29, 0.717) is 33.5 Å². The maximum absolute atomic E-state index is 9.43. The fourth-order valence-corrected chi connectivity index (χ4v) is 2.60. The number of nitrogens with one attached hydrogen (secondary N) is 1. The molecule has 0 aliphatic heterocycles. The zero-order chi connectivity index (χ0) is 17.1. The summed E-state index contributed by atoms with van der Waals surface area (Å²) in [5.74, 6) is 1.31. The van der Waals surface area contributed by atoms with Crippen molar-refractivity contribution in [1.29, 1.82) is 5.26 Å². The standard InChI is InChI=1S/C18H14ClN3O2/c1-23-13-4-6-17(24-2)16(8-13)22-18-11(9-20)10-21-15-5-3-12(19)7-14(15)18/h3-8,10H,1-2H3,(H,21,22). The van der Waals surface area contributed by atoms with Crippen molar-refractivity contribution in [2.75, 3.05) is 19.5 Å². The van der Waals surface area contributed by atoms with Crippen molar-refractivity contribution < 1.29 is 9.47 Å². The molecule has 0 aliphatic carbocycles. The summed E-state index contributed by atoms with van der Waals surface area (Å²) >= 11 is 6.11. The summed E-state index contributed by atoms with van der Waals surface area (Å²) in [5.41, 5.74) is 2.45. The Morgan fingerprint density at radius 2 is 1.96 bits per heavy atom. The second-order valence-electron chi connectivity index (χ2n) is 5.01. The minimum absolute atomic E-state index is 0.412. The van der Waals surface area contributed by atoms with Crippen LogP contribution in [0.2, 0.25) is 5.02 Å². The average molecular weight is 340 g/mol. The van der Waals surface area contributed by atoms with Crippen LogP contribution < -0.4 is 14.8 Å². The number of anilines is 2. The monoisotopic (exact) mass is 339 g/mol. The summed E-state index contributed by atoms with van der Waals surface area (Å²) in [6.45, 7) is 0. The molecule has 120 valence electrons. The molecule has 1 N–H and O–H groups in total. The average Bonchev–Trinajstić information content (AvgIpc) is 2.62. The van der Waals surface area contributed by atoms with Gasteiger partial charge in [0.15, 0.2) is 0 Å². The van der Waals surface area contributed by atoms with Crippen LogP contribution in [0.5, 0.6) is 11.5 Å². The van der Waals surface area contributed by atoms with Crippen molar-refractivity contribution in [1.82, 2.24) is 4.98 Å². The normalized spacial score (nSPS) is 10.2. The predicted octanol–water partition coefficient (Wildman–Crippen LogP) is 4.52. The summed E-state index contributed by atoms with van der Waals surface area (Å²) < 4.78 is 10.6. The van der Waals surface area contributed by atoms with Gasteiger partial charge in [0.05, 0.1) is 36.7 Å². The van der Waals surface area contributed by atoms with Gasteiger partial charge in [-0.1, -0.05) is 11.6 Å². The minimum Gasteiger partial charge on any atom is -0.497 e. The highest BCUT2D eigenvalue weighted by atomic mass is 35.5. The van der Waals surface area contributed by atoms with E-state index in [4.69, 9.17) is 21.1 Å². The number of fused-ring (bicyclic) bond motifs is 1. The van der Waals surface area contributed by atoms with Crippen molar-refractivity contribution in [2.24, 2.45) is 0 Å². The quantitative estimate of drug-likeness (QED) is 0.756. The highest BCUT2D eigenvalue weighted by Crippen LogP contribution is 2.36. The number of hydrogen-bond acceptors (Lipinski definition) is 5. The van der Waals surface area contributed by atoms with Crippen molar-refractivity contribution in [3.63, 3.8) is 0 Å². The van der Waals surface area contributed by atoms with Crippen molar-refractivity contribution in [3.8, 4) is 17.6 Å². The van der Waals surface area contributed by atoms with Crippen LogP contribution in [-0.2, 0) is 0 Å². The van der Waals surface area contributed by atoms with Gasteiger partial charge in [-0.25, -0.2) is 0 Å². The molecular formula is C18H14ClN3O2. The largest absolute Gasteiger partial charge is 0.497 e. The van der Waals surface area contributed by atoms with E-state index in [1.165, 1.54) is 6.20 Å². The number of methoxy groups -OCH3 is 2. The smallest absolute Gasteiger partial charge is 0.142 e. The van der Waals surface area contributed by atoms with E-state index in [9.17, 15) is 5.26 Å². The molecule has 0 bridgehead atoms.